The van der Waals surface area contributed by atoms with Crippen molar-refractivity contribution in [1.82, 2.24) is 4.98 Å². The summed E-state index contributed by atoms with van der Waals surface area (Å²) in [6.07, 6.45) is 0.427. The molecule has 0 bridgehead atoms. The quantitative estimate of drug-likeness (QED) is 0.784. The molecule has 0 saturated carbocycles. The summed E-state index contributed by atoms with van der Waals surface area (Å²) in [5.74, 6) is -1.21. The molecule has 0 aliphatic heterocycles. The van der Waals surface area contributed by atoms with Crippen LogP contribution in [-0.4, -0.2) is 16.1 Å². The van der Waals surface area contributed by atoms with Crippen LogP contribution in [0.4, 0.5) is 4.39 Å². The standard InChI is InChI=1S/C17H12FNO2S/c18-14-7-2-1-4-11(14)9-16-19-15(10-22-16)12-5-3-6-13(8-12)17(20)21/h1-8,10H,9H2,(H,20,21). The molecule has 0 fully saturated rings. The summed E-state index contributed by atoms with van der Waals surface area (Å²) < 4.78 is 13.7. The molecule has 3 aromatic rings. The highest BCUT2D eigenvalue weighted by atomic mass is 32.1. The minimum Gasteiger partial charge on any atom is -0.478 e. The van der Waals surface area contributed by atoms with Crippen LogP contribution in [0.5, 0.6) is 0 Å². The van der Waals surface area contributed by atoms with Crippen molar-refractivity contribution < 1.29 is 14.3 Å². The van der Waals surface area contributed by atoms with E-state index in [1.54, 1.807) is 36.4 Å². The second-order valence-electron chi connectivity index (χ2n) is 4.78. The van der Waals surface area contributed by atoms with E-state index in [4.69, 9.17) is 5.11 Å². The Hall–Kier alpha value is -2.53. The van der Waals surface area contributed by atoms with E-state index in [0.29, 0.717) is 17.7 Å². The molecule has 3 rings (SSSR count). The lowest BCUT2D eigenvalue weighted by Gasteiger charge is -2.00. The monoisotopic (exact) mass is 313 g/mol. The number of benzene rings is 2. The van der Waals surface area contributed by atoms with Gasteiger partial charge in [-0.05, 0) is 23.8 Å². The number of carboxylic acids is 1. The number of hydrogen-bond acceptors (Lipinski definition) is 3. The molecule has 1 N–H and O–H groups in total. The average Bonchev–Trinajstić information content (AvgIpc) is 2.98. The second kappa shape index (κ2) is 6.07. The van der Waals surface area contributed by atoms with Gasteiger partial charge in [0.05, 0.1) is 16.3 Å². The van der Waals surface area contributed by atoms with Gasteiger partial charge >= 0.3 is 5.97 Å². The number of hydrogen-bond donors (Lipinski definition) is 1. The van der Waals surface area contributed by atoms with Gasteiger partial charge in [0.2, 0.25) is 0 Å². The third-order valence-corrected chi connectivity index (χ3v) is 4.11. The molecule has 0 amide bonds. The molecule has 1 heterocycles. The van der Waals surface area contributed by atoms with Crippen LogP contribution in [0.1, 0.15) is 20.9 Å². The largest absolute Gasteiger partial charge is 0.478 e. The molecule has 0 aliphatic carbocycles. The minimum atomic E-state index is -0.969. The van der Waals surface area contributed by atoms with Gasteiger partial charge in [-0.2, -0.15) is 0 Å². The fourth-order valence-electron chi connectivity index (χ4n) is 2.14. The molecule has 0 saturated heterocycles. The van der Waals surface area contributed by atoms with Crippen LogP contribution in [0.25, 0.3) is 11.3 Å². The summed E-state index contributed by atoms with van der Waals surface area (Å²) in [6.45, 7) is 0. The maximum Gasteiger partial charge on any atom is 0.335 e. The summed E-state index contributed by atoms with van der Waals surface area (Å²) in [5.41, 5.74) is 2.28. The van der Waals surface area contributed by atoms with Crippen molar-refractivity contribution in [3.05, 3.63) is 75.9 Å². The molecule has 0 unspecified atom stereocenters. The second-order valence-corrected chi connectivity index (χ2v) is 5.72. The van der Waals surface area contributed by atoms with Gasteiger partial charge in [0, 0.05) is 17.4 Å². The third kappa shape index (κ3) is 3.04. The molecule has 2 aromatic carbocycles. The van der Waals surface area contributed by atoms with Gasteiger partial charge in [0.25, 0.3) is 0 Å². The van der Waals surface area contributed by atoms with Crippen LogP contribution in [0.15, 0.2) is 53.9 Å². The lowest BCUT2D eigenvalue weighted by molar-refractivity contribution is 0.0697. The topological polar surface area (TPSA) is 50.2 Å². The normalized spacial score (nSPS) is 10.6. The number of carboxylic acid groups (broad SMARTS) is 1. The maximum atomic E-state index is 13.7. The zero-order chi connectivity index (χ0) is 15.5. The number of nitrogens with zero attached hydrogens (tertiary/aromatic N) is 1. The Balaban J connectivity index is 1.86. The number of aromatic nitrogens is 1. The van der Waals surface area contributed by atoms with E-state index in [1.165, 1.54) is 17.4 Å². The van der Waals surface area contributed by atoms with Gasteiger partial charge in [-0.3, -0.25) is 0 Å². The molecule has 3 nitrogen and oxygen atoms in total. The third-order valence-electron chi connectivity index (χ3n) is 3.26. The highest BCUT2D eigenvalue weighted by Crippen LogP contribution is 2.24. The van der Waals surface area contributed by atoms with Gasteiger partial charge in [0.1, 0.15) is 5.82 Å². The first kappa shape index (κ1) is 14.4. The Bertz CT molecular complexity index is 829. The molecular formula is C17H12FNO2S. The van der Waals surface area contributed by atoms with Crippen LogP contribution in [0, 0.1) is 5.82 Å². The van der Waals surface area contributed by atoms with Gasteiger partial charge in [-0.25, -0.2) is 14.2 Å². The van der Waals surface area contributed by atoms with Crippen molar-refractivity contribution in [2.24, 2.45) is 0 Å². The van der Waals surface area contributed by atoms with Crippen LogP contribution in [0.3, 0.4) is 0 Å². The molecule has 0 atom stereocenters. The molecule has 110 valence electrons. The van der Waals surface area contributed by atoms with Crippen molar-refractivity contribution in [2.45, 2.75) is 6.42 Å². The summed E-state index contributed by atoms with van der Waals surface area (Å²) in [4.78, 5) is 15.5. The van der Waals surface area contributed by atoms with Gasteiger partial charge in [-0.1, -0.05) is 30.3 Å². The van der Waals surface area contributed by atoms with E-state index in [-0.39, 0.29) is 11.4 Å². The fraction of sp³-hybridized carbons (Fsp3) is 0.0588. The van der Waals surface area contributed by atoms with Gasteiger partial charge in [0.15, 0.2) is 0 Å². The number of thiazole rings is 1. The van der Waals surface area contributed by atoms with Crippen molar-refractivity contribution in [3.63, 3.8) is 0 Å². The van der Waals surface area contributed by atoms with E-state index in [1.807, 2.05) is 11.4 Å². The SMILES string of the molecule is O=C(O)c1cccc(-c2csc(Cc3ccccc3F)n2)c1. The molecule has 0 aliphatic rings. The number of carbonyl (C=O) groups is 1. The molecule has 22 heavy (non-hydrogen) atoms. The summed E-state index contributed by atoms with van der Waals surface area (Å²) in [7, 11) is 0. The summed E-state index contributed by atoms with van der Waals surface area (Å²) >= 11 is 1.44. The Kier molecular flexibility index (Phi) is 3.98. The predicted octanol–water partition coefficient (Wildman–Crippen LogP) is 4.24. The Morgan fingerprint density at radius 1 is 1.18 bits per heavy atom. The molecule has 0 radical (unpaired) electrons. The van der Waals surface area contributed by atoms with Crippen LogP contribution >= 0.6 is 11.3 Å². The lowest BCUT2D eigenvalue weighted by Crippen LogP contribution is -1.96. The summed E-state index contributed by atoms with van der Waals surface area (Å²) in [5, 5.41) is 11.7. The zero-order valence-electron chi connectivity index (χ0n) is 11.5. The average molecular weight is 313 g/mol. The highest BCUT2D eigenvalue weighted by molar-refractivity contribution is 7.10. The summed E-state index contributed by atoms with van der Waals surface area (Å²) in [6, 6.07) is 13.3. The van der Waals surface area contributed by atoms with Crippen LogP contribution < -0.4 is 0 Å². The Morgan fingerprint density at radius 2 is 2.00 bits per heavy atom. The predicted molar refractivity (Wildman–Crippen MR) is 83.7 cm³/mol. The van der Waals surface area contributed by atoms with Crippen molar-refractivity contribution in [1.29, 1.82) is 0 Å². The van der Waals surface area contributed by atoms with Crippen LogP contribution in [0.2, 0.25) is 0 Å². The first-order chi connectivity index (χ1) is 10.6. The Labute approximate surface area is 130 Å². The molecular weight excluding hydrogens is 301 g/mol. The minimum absolute atomic E-state index is 0.223. The van der Waals surface area contributed by atoms with E-state index < -0.39 is 5.97 Å². The van der Waals surface area contributed by atoms with E-state index in [2.05, 4.69) is 4.98 Å². The smallest absolute Gasteiger partial charge is 0.335 e. The lowest BCUT2D eigenvalue weighted by atomic mass is 10.1. The number of halogens is 1. The van der Waals surface area contributed by atoms with E-state index in [0.717, 1.165) is 10.6 Å². The van der Waals surface area contributed by atoms with E-state index >= 15 is 0 Å². The maximum absolute atomic E-state index is 13.7. The van der Waals surface area contributed by atoms with Crippen molar-refractivity contribution in [3.8, 4) is 11.3 Å². The number of rotatable bonds is 4. The van der Waals surface area contributed by atoms with Gasteiger partial charge < -0.3 is 5.11 Å². The van der Waals surface area contributed by atoms with Crippen molar-refractivity contribution >= 4 is 17.3 Å². The zero-order valence-corrected chi connectivity index (χ0v) is 12.3. The first-order valence-corrected chi connectivity index (χ1v) is 7.53. The Morgan fingerprint density at radius 3 is 2.77 bits per heavy atom. The first-order valence-electron chi connectivity index (χ1n) is 6.65. The fourth-order valence-corrected chi connectivity index (χ4v) is 2.97. The molecule has 5 heteroatoms. The van der Waals surface area contributed by atoms with E-state index in [9.17, 15) is 9.18 Å². The number of aromatic carboxylic acids is 1. The molecule has 0 spiro atoms. The van der Waals surface area contributed by atoms with Crippen LogP contribution in [-0.2, 0) is 6.42 Å². The highest BCUT2D eigenvalue weighted by Gasteiger charge is 2.10. The van der Waals surface area contributed by atoms with Gasteiger partial charge in [-0.15, -0.1) is 11.3 Å². The molecule has 1 aromatic heterocycles. The van der Waals surface area contributed by atoms with Crippen molar-refractivity contribution in [2.75, 3.05) is 0 Å².